The van der Waals surface area contributed by atoms with E-state index in [0.29, 0.717) is 11.4 Å². The number of thiazole rings is 1. The fourth-order valence-corrected chi connectivity index (χ4v) is 4.73. The molecule has 0 saturated heterocycles. The monoisotopic (exact) mass is 435 g/mol. The van der Waals surface area contributed by atoms with E-state index in [1.807, 2.05) is 36.4 Å². The van der Waals surface area contributed by atoms with E-state index in [-0.39, 0.29) is 12.2 Å². The van der Waals surface area contributed by atoms with Crippen LogP contribution in [-0.4, -0.2) is 16.6 Å². The Balaban J connectivity index is 1.47. The molecular weight excluding hydrogens is 416 g/mol. The van der Waals surface area contributed by atoms with Crippen LogP contribution in [0.25, 0.3) is 22.0 Å². The predicted octanol–water partition coefficient (Wildman–Crippen LogP) is 6.26. The van der Waals surface area contributed by atoms with Gasteiger partial charge in [0.25, 0.3) is 0 Å². The predicted molar refractivity (Wildman–Crippen MR) is 118 cm³/mol. The van der Waals surface area contributed by atoms with Crippen LogP contribution < -0.4 is 10.1 Å². The van der Waals surface area contributed by atoms with E-state index in [1.165, 1.54) is 18.2 Å². The summed E-state index contributed by atoms with van der Waals surface area (Å²) in [4.78, 5) is 10.4. The highest BCUT2D eigenvalue weighted by Crippen LogP contribution is 2.40. The number of aryl methyl sites for hydroxylation is 1. The molecule has 0 spiro atoms. The maximum absolute atomic E-state index is 14.2. The number of pyridine rings is 1. The Bertz CT molecular complexity index is 1220. The number of ether oxygens (including phenoxy) is 1. The van der Waals surface area contributed by atoms with Gasteiger partial charge in [0.1, 0.15) is 29.0 Å². The van der Waals surface area contributed by atoms with Crippen molar-refractivity contribution in [3.05, 3.63) is 82.9 Å². The Morgan fingerprint density at radius 2 is 1.94 bits per heavy atom. The largest absolute Gasteiger partial charge is 0.489 e. The molecule has 1 N–H and O–H groups in total. The zero-order chi connectivity index (χ0) is 21.4. The minimum absolute atomic E-state index is 0.00926. The number of anilines is 1. The molecule has 0 radical (unpaired) electrons. The van der Waals surface area contributed by atoms with Gasteiger partial charge in [0.2, 0.25) is 0 Å². The number of halogens is 2. The molecule has 7 heteroatoms. The molecule has 1 atom stereocenters. The summed E-state index contributed by atoms with van der Waals surface area (Å²) in [6.07, 6.45) is 2.61. The van der Waals surface area contributed by atoms with Gasteiger partial charge in [-0.3, -0.25) is 4.98 Å². The van der Waals surface area contributed by atoms with Crippen molar-refractivity contribution in [3.8, 4) is 27.7 Å². The summed E-state index contributed by atoms with van der Waals surface area (Å²) >= 11 is 1.63. The number of benzene rings is 2. The third kappa shape index (κ3) is 3.65. The van der Waals surface area contributed by atoms with Gasteiger partial charge < -0.3 is 10.1 Å². The van der Waals surface area contributed by atoms with Crippen molar-refractivity contribution >= 4 is 17.0 Å². The molecule has 0 aliphatic carbocycles. The first kappa shape index (κ1) is 19.6. The van der Waals surface area contributed by atoms with Gasteiger partial charge in [0, 0.05) is 22.2 Å². The van der Waals surface area contributed by atoms with Crippen LogP contribution in [0.4, 0.5) is 14.5 Å². The van der Waals surface area contributed by atoms with Crippen molar-refractivity contribution in [1.82, 2.24) is 9.97 Å². The molecule has 2 aromatic carbocycles. The van der Waals surface area contributed by atoms with Gasteiger partial charge in [-0.15, -0.1) is 11.3 Å². The molecule has 1 aliphatic heterocycles. The lowest BCUT2D eigenvalue weighted by molar-refractivity contribution is 0.280. The van der Waals surface area contributed by atoms with Crippen LogP contribution in [0, 0.1) is 11.6 Å². The van der Waals surface area contributed by atoms with Gasteiger partial charge in [0.05, 0.1) is 23.1 Å². The molecule has 2 aromatic heterocycles. The Kier molecular flexibility index (Phi) is 5.11. The smallest absolute Gasteiger partial charge is 0.143 e. The van der Waals surface area contributed by atoms with Crippen molar-refractivity contribution < 1.29 is 13.5 Å². The number of hydrogen-bond acceptors (Lipinski definition) is 5. The van der Waals surface area contributed by atoms with E-state index in [4.69, 9.17) is 9.72 Å². The third-order valence-corrected chi connectivity index (χ3v) is 6.46. The lowest BCUT2D eigenvalue weighted by Crippen LogP contribution is -2.25. The van der Waals surface area contributed by atoms with Gasteiger partial charge in [-0.1, -0.05) is 25.1 Å². The lowest BCUT2D eigenvalue weighted by Gasteiger charge is -2.28. The summed E-state index contributed by atoms with van der Waals surface area (Å²) < 4.78 is 34.2. The van der Waals surface area contributed by atoms with Crippen molar-refractivity contribution in [1.29, 1.82) is 0 Å². The Labute approximate surface area is 182 Å². The average Bonchev–Trinajstić information content (AvgIpc) is 3.24. The second-order valence-electron chi connectivity index (χ2n) is 7.21. The minimum atomic E-state index is -0.596. The molecule has 31 heavy (non-hydrogen) atoms. The molecule has 1 unspecified atom stereocenters. The zero-order valence-corrected chi connectivity index (χ0v) is 17.5. The van der Waals surface area contributed by atoms with E-state index in [1.54, 1.807) is 17.5 Å². The van der Waals surface area contributed by atoms with Crippen molar-refractivity contribution in [2.45, 2.75) is 19.4 Å². The summed E-state index contributed by atoms with van der Waals surface area (Å²) in [5, 5.41) is 4.07. The zero-order valence-electron chi connectivity index (χ0n) is 16.7. The lowest BCUT2D eigenvalue weighted by atomic mass is 10.0. The van der Waals surface area contributed by atoms with Gasteiger partial charge in [-0.25, -0.2) is 13.8 Å². The quantitative estimate of drug-likeness (QED) is 0.411. The first-order valence-corrected chi connectivity index (χ1v) is 10.8. The molecule has 3 heterocycles. The molecule has 5 rings (SSSR count). The van der Waals surface area contributed by atoms with E-state index >= 15 is 0 Å². The average molecular weight is 435 g/mol. The van der Waals surface area contributed by atoms with Crippen LogP contribution in [0.2, 0.25) is 0 Å². The topological polar surface area (TPSA) is 47.0 Å². The summed E-state index contributed by atoms with van der Waals surface area (Å²) in [5.41, 5.74) is 3.37. The summed E-state index contributed by atoms with van der Waals surface area (Å²) in [5.74, 6) is -0.531. The molecule has 4 aromatic rings. The van der Waals surface area contributed by atoms with E-state index < -0.39 is 17.7 Å². The third-order valence-electron chi connectivity index (χ3n) is 5.24. The Morgan fingerprint density at radius 1 is 1.10 bits per heavy atom. The van der Waals surface area contributed by atoms with Crippen LogP contribution in [0.3, 0.4) is 0 Å². The van der Waals surface area contributed by atoms with Gasteiger partial charge in [-0.2, -0.15) is 0 Å². The summed E-state index contributed by atoms with van der Waals surface area (Å²) in [6, 6.07) is 14.8. The van der Waals surface area contributed by atoms with Crippen LogP contribution in [0.5, 0.6) is 5.75 Å². The number of nitrogens with one attached hydrogen (secondary N) is 1. The van der Waals surface area contributed by atoms with Crippen LogP contribution in [0.1, 0.15) is 23.4 Å². The van der Waals surface area contributed by atoms with Crippen molar-refractivity contribution in [2.24, 2.45) is 0 Å². The molecule has 4 nitrogen and oxygen atoms in total. The molecule has 156 valence electrons. The normalized spacial score (nSPS) is 15.1. The van der Waals surface area contributed by atoms with Crippen LogP contribution >= 0.6 is 11.3 Å². The minimum Gasteiger partial charge on any atom is -0.489 e. The molecular formula is C24H19F2N3OS. The first-order valence-electron chi connectivity index (χ1n) is 10.0. The fourth-order valence-electron chi connectivity index (χ4n) is 3.73. The van der Waals surface area contributed by atoms with Gasteiger partial charge in [0.15, 0.2) is 0 Å². The highest BCUT2D eigenvalue weighted by molar-refractivity contribution is 7.15. The highest BCUT2D eigenvalue weighted by atomic mass is 32.1. The summed E-state index contributed by atoms with van der Waals surface area (Å²) in [6.45, 7) is 2.23. The molecule has 0 bridgehead atoms. The maximum atomic E-state index is 14.2. The Morgan fingerprint density at radius 3 is 2.68 bits per heavy atom. The fraction of sp³-hybridized carbons (Fsp3) is 0.167. The van der Waals surface area contributed by atoms with E-state index in [9.17, 15) is 8.78 Å². The number of aromatic nitrogens is 2. The van der Waals surface area contributed by atoms with Crippen LogP contribution in [-0.2, 0) is 6.42 Å². The van der Waals surface area contributed by atoms with Gasteiger partial charge >= 0.3 is 0 Å². The van der Waals surface area contributed by atoms with Gasteiger partial charge in [-0.05, 0) is 42.8 Å². The second-order valence-corrected chi connectivity index (χ2v) is 8.30. The number of fused-ring (bicyclic) bond motifs is 1. The SMILES string of the molecule is CCc1sc(-c2ccccn2)nc1-c1ccc2c(c1)OCC(c1c(F)cccc1F)N2. The number of nitrogens with zero attached hydrogens (tertiary/aromatic N) is 2. The first-order chi connectivity index (χ1) is 15.1. The second kappa shape index (κ2) is 8.07. The van der Waals surface area contributed by atoms with Crippen molar-refractivity contribution in [3.63, 3.8) is 0 Å². The standard InChI is InChI=1S/C24H19F2N3OS/c1-2-21-23(29-24(31-21)18-8-3-4-11-27-18)14-9-10-17-20(12-14)30-13-19(28-17)22-15(25)6-5-7-16(22)26/h3-12,19,28H,2,13H2,1H3. The molecule has 0 fully saturated rings. The highest BCUT2D eigenvalue weighted by Gasteiger charge is 2.26. The Hall–Kier alpha value is -3.32. The number of hydrogen-bond donors (Lipinski definition) is 1. The summed E-state index contributed by atoms with van der Waals surface area (Å²) in [7, 11) is 0. The number of rotatable bonds is 4. The van der Waals surface area contributed by atoms with Crippen molar-refractivity contribution in [2.75, 3.05) is 11.9 Å². The maximum Gasteiger partial charge on any atom is 0.143 e. The molecule has 0 amide bonds. The molecule has 1 aliphatic rings. The van der Waals surface area contributed by atoms with E-state index in [2.05, 4.69) is 17.2 Å². The molecule has 0 saturated carbocycles. The van der Waals surface area contributed by atoms with Crippen LogP contribution in [0.15, 0.2) is 60.8 Å². The van der Waals surface area contributed by atoms with E-state index in [0.717, 1.165) is 33.3 Å².